The Hall–Kier alpha value is -2.04. The van der Waals surface area contributed by atoms with Gasteiger partial charge in [0, 0.05) is 12.1 Å². The minimum absolute atomic E-state index is 0.0257. The number of ether oxygens (including phenoxy) is 1. The third kappa shape index (κ3) is 4.86. The number of anilines is 1. The number of hydrogen-bond acceptors (Lipinski definition) is 3. The summed E-state index contributed by atoms with van der Waals surface area (Å²) in [6.07, 6.45) is -0.338. The number of amides is 1. The molecular weight excluding hydrogens is 234 g/mol. The van der Waals surface area contributed by atoms with Gasteiger partial charge in [-0.25, -0.2) is 4.79 Å². The Bertz CT molecular complexity index is 429. The van der Waals surface area contributed by atoms with Crippen LogP contribution in [0.3, 0.4) is 0 Å². The van der Waals surface area contributed by atoms with Gasteiger partial charge in [0.2, 0.25) is 0 Å². The first-order valence-corrected chi connectivity index (χ1v) is 5.76. The zero-order chi connectivity index (χ0) is 13.5. The molecule has 0 bridgehead atoms. The molecule has 0 heterocycles. The zero-order valence-electron chi connectivity index (χ0n) is 10.5. The van der Waals surface area contributed by atoms with Crippen molar-refractivity contribution >= 4 is 17.7 Å². The van der Waals surface area contributed by atoms with E-state index in [4.69, 9.17) is 9.84 Å². The second kappa shape index (κ2) is 6.64. The van der Waals surface area contributed by atoms with Crippen LogP contribution in [0, 0.1) is 0 Å². The summed E-state index contributed by atoms with van der Waals surface area (Å²) in [6, 6.07) is 7.08. The summed E-state index contributed by atoms with van der Waals surface area (Å²) in [7, 11) is 0. The number of para-hydroxylation sites is 1. The normalized spacial score (nSPS) is 10.2. The number of aliphatic carboxylic acids is 1. The second-order valence-corrected chi connectivity index (χ2v) is 4.13. The monoisotopic (exact) mass is 251 g/mol. The van der Waals surface area contributed by atoms with Crippen molar-refractivity contribution in [1.82, 2.24) is 0 Å². The second-order valence-electron chi connectivity index (χ2n) is 4.13. The van der Waals surface area contributed by atoms with Crippen LogP contribution in [-0.2, 0) is 16.0 Å². The number of carbonyl (C=O) groups excluding carboxylic acids is 1. The summed E-state index contributed by atoms with van der Waals surface area (Å²) in [5.41, 5.74) is 1.37. The molecule has 0 spiro atoms. The third-order valence-electron chi connectivity index (χ3n) is 2.21. The van der Waals surface area contributed by atoms with Gasteiger partial charge in [-0.1, -0.05) is 18.2 Å². The molecule has 2 N–H and O–H groups in total. The fourth-order valence-electron chi connectivity index (χ4n) is 1.46. The van der Waals surface area contributed by atoms with E-state index in [-0.39, 0.29) is 12.5 Å². The first-order chi connectivity index (χ1) is 8.49. The van der Waals surface area contributed by atoms with Crippen molar-refractivity contribution in [2.45, 2.75) is 32.8 Å². The van der Waals surface area contributed by atoms with Crippen LogP contribution in [0.5, 0.6) is 0 Å². The molecule has 0 aliphatic heterocycles. The fraction of sp³-hybridized carbons (Fsp3) is 0.385. The smallest absolute Gasteiger partial charge is 0.411 e. The van der Waals surface area contributed by atoms with E-state index < -0.39 is 12.1 Å². The Morgan fingerprint density at radius 1 is 1.33 bits per heavy atom. The summed E-state index contributed by atoms with van der Waals surface area (Å²) in [5, 5.41) is 11.3. The number of aryl methyl sites for hydroxylation is 1. The highest BCUT2D eigenvalue weighted by atomic mass is 16.6. The average Bonchev–Trinajstić information content (AvgIpc) is 2.26. The van der Waals surface area contributed by atoms with Crippen LogP contribution in [-0.4, -0.2) is 23.3 Å². The number of carbonyl (C=O) groups is 2. The van der Waals surface area contributed by atoms with Crippen molar-refractivity contribution in [3.05, 3.63) is 29.8 Å². The lowest BCUT2D eigenvalue weighted by molar-refractivity contribution is -0.136. The van der Waals surface area contributed by atoms with Crippen LogP contribution in [0.25, 0.3) is 0 Å². The Balaban J connectivity index is 2.69. The molecule has 1 rings (SSSR count). The summed E-state index contributed by atoms with van der Waals surface area (Å²) < 4.78 is 4.97. The lowest BCUT2D eigenvalue weighted by Gasteiger charge is -2.12. The SMILES string of the molecule is CC(C)OC(=O)Nc1ccccc1CCC(=O)O. The van der Waals surface area contributed by atoms with Gasteiger partial charge in [0.1, 0.15) is 0 Å². The summed E-state index contributed by atoms with van der Waals surface area (Å²) in [6.45, 7) is 3.52. The molecule has 1 amide bonds. The molecule has 98 valence electrons. The predicted molar refractivity (Wildman–Crippen MR) is 67.6 cm³/mol. The summed E-state index contributed by atoms with van der Waals surface area (Å²) in [5.74, 6) is -0.866. The standard InChI is InChI=1S/C13H17NO4/c1-9(2)18-13(17)14-11-6-4-3-5-10(11)7-8-12(15)16/h3-6,9H,7-8H2,1-2H3,(H,14,17)(H,15,16). The molecular formula is C13H17NO4. The maximum Gasteiger partial charge on any atom is 0.411 e. The van der Waals surface area contributed by atoms with E-state index in [9.17, 15) is 9.59 Å². The van der Waals surface area contributed by atoms with Crippen LogP contribution in [0.2, 0.25) is 0 Å². The van der Waals surface area contributed by atoms with Crippen molar-refractivity contribution in [3.63, 3.8) is 0 Å². The molecule has 1 aromatic carbocycles. The number of hydrogen-bond donors (Lipinski definition) is 2. The molecule has 1 aromatic rings. The predicted octanol–water partition coefficient (Wildman–Crippen LogP) is 2.66. The van der Waals surface area contributed by atoms with Gasteiger partial charge in [-0.05, 0) is 31.9 Å². The van der Waals surface area contributed by atoms with Gasteiger partial charge in [0.15, 0.2) is 0 Å². The molecule has 0 atom stereocenters. The molecule has 0 fully saturated rings. The van der Waals surface area contributed by atoms with Gasteiger partial charge < -0.3 is 9.84 Å². The van der Waals surface area contributed by atoms with Crippen molar-refractivity contribution in [1.29, 1.82) is 0 Å². The van der Waals surface area contributed by atoms with Crippen molar-refractivity contribution in [2.24, 2.45) is 0 Å². The largest absolute Gasteiger partial charge is 0.481 e. The lowest BCUT2D eigenvalue weighted by atomic mass is 10.1. The Morgan fingerprint density at radius 2 is 2.00 bits per heavy atom. The molecule has 5 nitrogen and oxygen atoms in total. The van der Waals surface area contributed by atoms with Gasteiger partial charge in [0.25, 0.3) is 0 Å². The van der Waals surface area contributed by atoms with E-state index in [2.05, 4.69) is 5.32 Å². The van der Waals surface area contributed by atoms with Gasteiger partial charge in [0.05, 0.1) is 6.10 Å². The Kier molecular flexibility index (Phi) is 5.17. The molecule has 0 unspecified atom stereocenters. The summed E-state index contributed by atoms with van der Waals surface area (Å²) in [4.78, 5) is 22.0. The zero-order valence-corrected chi connectivity index (χ0v) is 10.5. The van der Waals surface area contributed by atoms with Crippen molar-refractivity contribution in [2.75, 3.05) is 5.32 Å². The number of nitrogens with one attached hydrogen (secondary N) is 1. The molecule has 0 saturated heterocycles. The molecule has 0 aliphatic rings. The average molecular weight is 251 g/mol. The van der Waals surface area contributed by atoms with Crippen LogP contribution in [0.4, 0.5) is 10.5 Å². The maximum atomic E-state index is 11.5. The molecule has 0 aromatic heterocycles. The van der Waals surface area contributed by atoms with E-state index >= 15 is 0 Å². The minimum atomic E-state index is -0.866. The Labute approximate surface area is 106 Å². The van der Waals surface area contributed by atoms with E-state index in [1.54, 1.807) is 38.1 Å². The lowest BCUT2D eigenvalue weighted by Crippen LogP contribution is -2.18. The number of benzene rings is 1. The molecule has 0 radical (unpaired) electrons. The number of carboxylic acid groups (broad SMARTS) is 1. The van der Waals surface area contributed by atoms with E-state index in [0.29, 0.717) is 12.1 Å². The number of rotatable bonds is 5. The highest BCUT2D eigenvalue weighted by Crippen LogP contribution is 2.17. The van der Waals surface area contributed by atoms with E-state index in [0.717, 1.165) is 5.56 Å². The van der Waals surface area contributed by atoms with Crippen molar-refractivity contribution in [3.8, 4) is 0 Å². The topological polar surface area (TPSA) is 75.6 Å². The first kappa shape index (κ1) is 14.0. The summed E-state index contributed by atoms with van der Waals surface area (Å²) >= 11 is 0. The first-order valence-electron chi connectivity index (χ1n) is 5.76. The van der Waals surface area contributed by atoms with Crippen LogP contribution in [0.15, 0.2) is 24.3 Å². The molecule has 0 saturated carbocycles. The molecule has 5 heteroatoms. The van der Waals surface area contributed by atoms with Gasteiger partial charge in [-0.15, -0.1) is 0 Å². The van der Waals surface area contributed by atoms with Crippen molar-refractivity contribution < 1.29 is 19.4 Å². The minimum Gasteiger partial charge on any atom is -0.481 e. The van der Waals surface area contributed by atoms with E-state index in [1.807, 2.05) is 0 Å². The van der Waals surface area contributed by atoms with Gasteiger partial charge >= 0.3 is 12.1 Å². The highest BCUT2D eigenvalue weighted by molar-refractivity contribution is 5.85. The van der Waals surface area contributed by atoms with Crippen LogP contribution < -0.4 is 5.32 Å². The molecule has 0 aliphatic carbocycles. The van der Waals surface area contributed by atoms with Gasteiger partial charge in [-0.3, -0.25) is 10.1 Å². The van der Waals surface area contributed by atoms with Crippen LogP contribution in [0.1, 0.15) is 25.8 Å². The van der Waals surface area contributed by atoms with Gasteiger partial charge in [-0.2, -0.15) is 0 Å². The quantitative estimate of drug-likeness (QED) is 0.843. The third-order valence-corrected chi connectivity index (χ3v) is 2.21. The maximum absolute atomic E-state index is 11.5. The number of carboxylic acids is 1. The fourth-order valence-corrected chi connectivity index (χ4v) is 1.46. The Morgan fingerprint density at radius 3 is 2.61 bits per heavy atom. The van der Waals surface area contributed by atoms with Crippen LogP contribution >= 0.6 is 0 Å². The highest BCUT2D eigenvalue weighted by Gasteiger charge is 2.09. The van der Waals surface area contributed by atoms with E-state index in [1.165, 1.54) is 0 Å². The molecule has 18 heavy (non-hydrogen) atoms.